The molecule has 29 heavy (non-hydrogen) atoms. The van der Waals surface area contributed by atoms with E-state index in [1.165, 1.54) is 6.92 Å². The zero-order valence-electron chi connectivity index (χ0n) is 18.2. The monoisotopic (exact) mass is 401 g/mol. The van der Waals surface area contributed by atoms with Crippen LogP contribution in [0.5, 0.6) is 0 Å². The van der Waals surface area contributed by atoms with Gasteiger partial charge in [0.15, 0.2) is 0 Å². The molecule has 0 radical (unpaired) electrons. The van der Waals surface area contributed by atoms with Crippen LogP contribution >= 0.6 is 0 Å². The number of amides is 3. The quantitative estimate of drug-likeness (QED) is 0.567. The highest BCUT2D eigenvalue weighted by atomic mass is 16.6. The summed E-state index contributed by atoms with van der Waals surface area (Å²) in [5, 5.41) is 5.28. The van der Waals surface area contributed by atoms with Gasteiger partial charge < -0.3 is 15.4 Å². The van der Waals surface area contributed by atoms with Crippen molar-refractivity contribution in [2.24, 2.45) is 0 Å². The van der Waals surface area contributed by atoms with Crippen LogP contribution in [0, 0.1) is 19.4 Å². The molecule has 2 atom stereocenters. The molecule has 0 saturated heterocycles. The van der Waals surface area contributed by atoms with Gasteiger partial charge in [0.25, 0.3) is 5.91 Å². The van der Waals surface area contributed by atoms with Crippen molar-refractivity contribution in [1.29, 1.82) is 0 Å². The second-order valence-corrected chi connectivity index (χ2v) is 8.13. The fourth-order valence-electron chi connectivity index (χ4n) is 2.67. The maximum Gasteiger partial charge on any atom is 0.408 e. The van der Waals surface area contributed by atoms with E-state index in [0.29, 0.717) is 5.56 Å². The van der Waals surface area contributed by atoms with Crippen molar-refractivity contribution < 1.29 is 19.1 Å². The zero-order chi connectivity index (χ0) is 22.4. The van der Waals surface area contributed by atoms with Crippen molar-refractivity contribution in [3.8, 4) is 12.5 Å². The Hall–Kier alpha value is -3.01. The van der Waals surface area contributed by atoms with Gasteiger partial charge in [-0.25, -0.2) is 4.79 Å². The van der Waals surface area contributed by atoms with Crippen LogP contribution in [0.25, 0.3) is 0 Å². The maximum absolute atomic E-state index is 13.0. The topological polar surface area (TPSA) is 87.7 Å². The first-order valence-corrected chi connectivity index (χ1v) is 9.52. The Morgan fingerprint density at radius 3 is 2.17 bits per heavy atom. The van der Waals surface area contributed by atoms with Gasteiger partial charge in [-0.1, -0.05) is 30.7 Å². The fraction of sp³-hybridized carbons (Fsp3) is 0.500. The summed E-state index contributed by atoms with van der Waals surface area (Å²) in [6, 6.07) is 7.37. The Morgan fingerprint density at radius 2 is 1.69 bits per heavy atom. The van der Waals surface area contributed by atoms with Gasteiger partial charge in [-0.05, 0) is 59.6 Å². The van der Waals surface area contributed by atoms with Crippen molar-refractivity contribution in [3.05, 3.63) is 35.4 Å². The zero-order valence-corrected chi connectivity index (χ0v) is 18.2. The molecule has 158 valence electrons. The van der Waals surface area contributed by atoms with Gasteiger partial charge in [-0.2, -0.15) is 0 Å². The van der Waals surface area contributed by atoms with Gasteiger partial charge in [-0.3, -0.25) is 14.5 Å². The standard InChI is InChI=1S/C22H31N3O4/c1-9-25(20(27)16(5)24-21(28)29-22(6,7)8)18(19(26)23-14(2)3)17-13-11-10-12-15(17)4/h1,10-14,16,18H,2-8H3,(H,23,26)(H,24,28). The van der Waals surface area contributed by atoms with E-state index in [0.717, 1.165) is 10.5 Å². The minimum Gasteiger partial charge on any atom is -0.444 e. The Morgan fingerprint density at radius 1 is 1.10 bits per heavy atom. The minimum absolute atomic E-state index is 0.138. The van der Waals surface area contributed by atoms with Crippen LogP contribution in [0.3, 0.4) is 0 Å². The summed E-state index contributed by atoms with van der Waals surface area (Å²) < 4.78 is 5.18. The number of rotatable bonds is 6. The predicted molar refractivity (Wildman–Crippen MR) is 112 cm³/mol. The van der Waals surface area contributed by atoms with Crippen LogP contribution in [-0.4, -0.2) is 40.5 Å². The number of aryl methyl sites for hydroxylation is 1. The number of hydrogen-bond acceptors (Lipinski definition) is 4. The molecule has 2 N–H and O–H groups in total. The Balaban J connectivity index is 3.19. The Labute approximate surface area is 173 Å². The first-order chi connectivity index (χ1) is 13.4. The Bertz CT molecular complexity index is 790. The summed E-state index contributed by atoms with van der Waals surface area (Å²) in [6.45, 7) is 12.1. The van der Waals surface area contributed by atoms with E-state index in [9.17, 15) is 14.4 Å². The van der Waals surface area contributed by atoms with Gasteiger partial charge in [0, 0.05) is 12.1 Å². The number of carbonyl (C=O) groups excluding carboxylic acids is 3. The summed E-state index contributed by atoms with van der Waals surface area (Å²) in [7, 11) is 0. The number of nitrogens with one attached hydrogen (secondary N) is 2. The lowest BCUT2D eigenvalue weighted by Crippen LogP contribution is -2.51. The third kappa shape index (κ3) is 7.15. The summed E-state index contributed by atoms with van der Waals surface area (Å²) in [5.74, 6) is -0.990. The second-order valence-electron chi connectivity index (χ2n) is 8.13. The molecule has 7 heteroatoms. The van der Waals surface area contributed by atoms with Crippen LogP contribution in [0.15, 0.2) is 24.3 Å². The molecule has 3 amide bonds. The molecule has 0 aromatic heterocycles. The van der Waals surface area contributed by atoms with Crippen molar-refractivity contribution in [1.82, 2.24) is 15.5 Å². The number of ether oxygens (including phenoxy) is 1. The van der Waals surface area contributed by atoms with E-state index in [2.05, 4.69) is 16.7 Å². The van der Waals surface area contributed by atoms with Crippen LogP contribution < -0.4 is 10.6 Å². The van der Waals surface area contributed by atoms with Crippen LogP contribution in [-0.2, 0) is 14.3 Å². The van der Waals surface area contributed by atoms with Crippen LogP contribution in [0.1, 0.15) is 58.7 Å². The Kier molecular flexibility index (Phi) is 8.26. The molecule has 0 saturated carbocycles. The van der Waals surface area contributed by atoms with Gasteiger partial charge in [0.1, 0.15) is 17.7 Å². The largest absolute Gasteiger partial charge is 0.444 e. The molecule has 0 bridgehead atoms. The smallest absolute Gasteiger partial charge is 0.408 e. The molecule has 0 heterocycles. The average Bonchev–Trinajstić information content (AvgIpc) is 2.57. The predicted octanol–water partition coefficient (Wildman–Crippen LogP) is 2.89. The molecule has 0 fully saturated rings. The molecule has 1 aromatic rings. The second kappa shape index (κ2) is 9.97. The summed E-state index contributed by atoms with van der Waals surface area (Å²) in [4.78, 5) is 39.0. The molecule has 1 rings (SSSR count). The summed E-state index contributed by atoms with van der Waals surface area (Å²) in [5.41, 5.74) is 0.720. The molecule has 7 nitrogen and oxygen atoms in total. The molecule has 1 aromatic carbocycles. The lowest BCUT2D eigenvalue weighted by atomic mass is 9.98. The lowest BCUT2D eigenvalue weighted by Gasteiger charge is -2.30. The third-order valence-corrected chi connectivity index (χ3v) is 3.90. The van der Waals surface area contributed by atoms with Gasteiger partial charge >= 0.3 is 6.09 Å². The van der Waals surface area contributed by atoms with E-state index in [4.69, 9.17) is 11.2 Å². The SMILES string of the molecule is C#CN(C(=O)C(C)NC(=O)OC(C)(C)C)C(C(=O)NC(C)C)c1ccccc1C. The van der Waals surface area contributed by atoms with Crippen LogP contribution in [0.2, 0.25) is 0 Å². The van der Waals surface area contributed by atoms with E-state index >= 15 is 0 Å². The normalized spacial score (nSPS) is 13.1. The lowest BCUT2D eigenvalue weighted by molar-refractivity contribution is -0.138. The first kappa shape index (κ1) is 24.0. The number of hydrogen-bond donors (Lipinski definition) is 2. The average molecular weight is 402 g/mol. The molecule has 0 aliphatic rings. The summed E-state index contributed by atoms with van der Waals surface area (Å²) in [6.07, 6.45) is 4.89. The van der Waals surface area contributed by atoms with E-state index in [1.807, 2.05) is 32.9 Å². The van der Waals surface area contributed by atoms with Gasteiger partial charge in [0.2, 0.25) is 5.91 Å². The molecular formula is C22H31N3O4. The fourth-order valence-corrected chi connectivity index (χ4v) is 2.67. The summed E-state index contributed by atoms with van der Waals surface area (Å²) >= 11 is 0. The van der Waals surface area contributed by atoms with Crippen LogP contribution in [0.4, 0.5) is 4.79 Å². The van der Waals surface area contributed by atoms with Gasteiger partial charge in [0.05, 0.1) is 0 Å². The number of carbonyl (C=O) groups is 3. The van der Waals surface area contributed by atoms with Crippen molar-refractivity contribution in [2.75, 3.05) is 0 Å². The molecular weight excluding hydrogens is 370 g/mol. The highest BCUT2D eigenvalue weighted by molar-refractivity contribution is 5.93. The minimum atomic E-state index is -1.03. The van der Waals surface area contributed by atoms with E-state index in [1.54, 1.807) is 32.9 Å². The number of alkyl carbamates (subject to hydrolysis) is 1. The third-order valence-electron chi connectivity index (χ3n) is 3.90. The van der Waals surface area contributed by atoms with Crippen molar-refractivity contribution >= 4 is 17.9 Å². The number of terminal acetylenes is 1. The number of benzene rings is 1. The molecule has 0 aliphatic carbocycles. The van der Waals surface area contributed by atoms with Crippen molar-refractivity contribution in [2.45, 2.75) is 72.2 Å². The van der Waals surface area contributed by atoms with E-state index in [-0.39, 0.29) is 6.04 Å². The molecule has 0 aliphatic heterocycles. The highest BCUT2D eigenvalue weighted by Crippen LogP contribution is 2.25. The number of nitrogens with zero attached hydrogens (tertiary/aromatic N) is 1. The van der Waals surface area contributed by atoms with Gasteiger partial charge in [-0.15, -0.1) is 0 Å². The van der Waals surface area contributed by atoms with Crippen molar-refractivity contribution in [3.63, 3.8) is 0 Å². The van der Waals surface area contributed by atoms with E-state index < -0.39 is 35.6 Å². The molecule has 0 spiro atoms. The highest BCUT2D eigenvalue weighted by Gasteiger charge is 2.35. The molecule has 2 unspecified atom stereocenters. The maximum atomic E-state index is 13.0. The first-order valence-electron chi connectivity index (χ1n) is 9.52.